The molecule has 34 heavy (non-hydrogen) atoms. The van der Waals surface area contributed by atoms with Crippen molar-refractivity contribution in [1.82, 2.24) is 29.4 Å². The van der Waals surface area contributed by atoms with Crippen LogP contribution >= 0.6 is 11.8 Å². The van der Waals surface area contributed by atoms with E-state index in [1.165, 1.54) is 37.0 Å². The van der Waals surface area contributed by atoms with Crippen LogP contribution in [0, 0.1) is 19.7 Å². The minimum Gasteiger partial charge on any atom is -0.296 e. The Labute approximate surface area is 203 Å². The highest BCUT2D eigenvalue weighted by molar-refractivity contribution is 7.98. The summed E-state index contributed by atoms with van der Waals surface area (Å²) in [6, 6.07) is 17.1. The minimum atomic E-state index is -0.244. The second kappa shape index (κ2) is 10.1. The molecule has 0 radical (unpaired) electrons. The van der Waals surface area contributed by atoms with Crippen molar-refractivity contribution in [1.29, 1.82) is 0 Å². The maximum Gasteiger partial charge on any atom is 0.196 e. The summed E-state index contributed by atoms with van der Waals surface area (Å²) in [5, 5.41) is 14.4. The highest BCUT2D eigenvalue weighted by Crippen LogP contribution is 2.27. The number of hydrogen-bond donors (Lipinski definition) is 0. The van der Waals surface area contributed by atoms with Crippen LogP contribution in [0.25, 0.3) is 11.4 Å². The number of aromatic nitrogens is 5. The lowest BCUT2D eigenvalue weighted by atomic mass is 10.1. The normalized spacial score (nSPS) is 14.6. The van der Waals surface area contributed by atoms with Gasteiger partial charge in [0.05, 0.1) is 17.9 Å². The van der Waals surface area contributed by atoms with Gasteiger partial charge in [0.15, 0.2) is 11.0 Å². The molecule has 2 aromatic heterocycles. The Hall–Kier alpha value is -2.97. The maximum absolute atomic E-state index is 13.6. The van der Waals surface area contributed by atoms with Crippen molar-refractivity contribution in [3.8, 4) is 11.4 Å². The SMILES string of the molecule is Cc1cc(C)n(-c2ccc(CSc3nnc(CN4CCCCC4)n3-c3ccc(F)cc3)cc2)n1. The third kappa shape index (κ3) is 5.08. The van der Waals surface area contributed by atoms with Crippen LogP contribution in [0.4, 0.5) is 4.39 Å². The summed E-state index contributed by atoms with van der Waals surface area (Å²) in [6.45, 7) is 6.99. The molecule has 5 rings (SSSR count). The number of piperidine rings is 1. The largest absolute Gasteiger partial charge is 0.296 e. The van der Waals surface area contributed by atoms with Gasteiger partial charge in [-0.25, -0.2) is 9.07 Å². The fourth-order valence-corrected chi connectivity index (χ4v) is 5.36. The summed E-state index contributed by atoms with van der Waals surface area (Å²) < 4.78 is 17.6. The number of benzene rings is 2. The van der Waals surface area contributed by atoms with Crippen molar-refractivity contribution in [3.63, 3.8) is 0 Å². The van der Waals surface area contributed by atoms with E-state index in [9.17, 15) is 4.39 Å². The molecule has 0 spiro atoms. The van der Waals surface area contributed by atoms with Crippen LogP contribution in [0.2, 0.25) is 0 Å². The third-order valence-corrected chi connectivity index (χ3v) is 7.16. The molecule has 3 heterocycles. The van der Waals surface area contributed by atoms with Crippen molar-refractivity contribution in [2.24, 2.45) is 0 Å². The van der Waals surface area contributed by atoms with Crippen molar-refractivity contribution >= 4 is 11.8 Å². The van der Waals surface area contributed by atoms with E-state index in [1.54, 1.807) is 23.9 Å². The van der Waals surface area contributed by atoms with Gasteiger partial charge in [0.1, 0.15) is 5.82 Å². The second-order valence-corrected chi connectivity index (χ2v) is 9.78. The topological polar surface area (TPSA) is 51.8 Å². The van der Waals surface area contributed by atoms with Crippen molar-refractivity contribution < 1.29 is 4.39 Å². The minimum absolute atomic E-state index is 0.244. The Morgan fingerprint density at radius 3 is 2.26 bits per heavy atom. The number of likely N-dealkylation sites (tertiary alicyclic amines) is 1. The van der Waals surface area contributed by atoms with Gasteiger partial charge in [-0.1, -0.05) is 30.3 Å². The number of halogens is 1. The molecule has 1 fully saturated rings. The predicted octanol–water partition coefficient (Wildman–Crippen LogP) is 5.49. The Morgan fingerprint density at radius 2 is 1.59 bits per heavy atom. The molecular weight excluding hydrogens is 447 g/mol. The molecule has 8 heteroatoms. The summed E-state index contributed by atoms with van der Waals surface area (Å²) in [6.07, 6.45) is 3.74. The van der Waals surface area contributed by atoms with Gasteiger partial charge in [0, 0.05) is 17.1 Å². The molecule has 2 aromatic carbocycles. The number of thioether (sulfide) groups is 1. The van der Waals surface area contributed by atoms with E-state index in [1.807, 2.05) is 11.6 Å². The van der Waals surface area contributed by atoms with Gasteiger partial charge in [-0.05, 0) is 87.8 Å². The molecule has 6 nitrogen and oxygen atoms in total. The average molecular weight is 477 g/mol. The lowest BCUT2D eigenvalue weighted by Gasteiger charge is -2.26. The number of rotatable bonds is 7. The standard InChI is InChI=1S/C26H29FN6S/c1-19-16-20(2)33(30-19)24-10-6-21(7-11-24)18-34-26-29-28-25(17-31-14-4-3-5-15-31)32(26)23-12-8-22(27)9-13-23/h6-13,16H,3-5,14-15,17-18H2,1-2H3. The van der Waals surface area contributed by atoms with Gasteiger partial charge in [0.25, 0.3) is 0 Å². The highest BCUT2D eigenvalue weighted by atomic mass is 32.2. The molecule has 1 aliphatic heterocycles. The summed E-state index contributed by atoms with van der Waals surface area (Å²) >= 11 is 1.65. The molecule has 176 valence electrons. The van der Waals surface area contributed by atoms with Crippen LogP contribution < -0.4 is 0 Å². The van der Waals surface area contributed by atoms with Crippen molar-refractivity contribution in [3.05, 3.63) is 83.2 Å². The fraction of sp³-hybridized carbons (Fsp3) is 0.346. The first-order valence-electron chi connectivity index (χ1n) is 11.7. The Morgan fingerprint density at radius 1 is 0.882 bits per heavy atom. The summed E-state index contributed by atoms with van der Waals surface area (Å²) in [4.78, 5) is 2.43. The van der Waals surface area contributed by atoms with Gasteiger partial charge in [-0.15, -0.1) is 10.2 Å². The van der Waals surface area contributed by atoms with Gasteiger partial charge < -0.3 is 0 Å². The third-order valence-electron chi connectivity index (χ3n) is 6.16. The second-order valence-electron chi connectivity index (χ2n) is 8.84. The fourth-order valence-electron chi connectivity index (χ4n) is 4.43. The Bertz CT molecular complexity index is 1240. The van der Waals surface area contributed by atoms with E-state index in [0.29, 0.717) is 0 Å². The van der Waals surface area contributed by atoms with Gasteiger partial charge in [-0.2, -0.15) is 5.10 Å². The average Bonchev–Trinajstić information content (AvgIpc) is 3.41. The van der Waals surface area contributed by atoms with E-state index >= 15 is 0 Å². The predicted molar refractivity (Wildman–Crippen MR) is 133 cm³/mol. The van der Waals surface area contributed by atoms with E-state index in [4.69, 9.17) is 0 Å². The molecule has 0 unspecified atom stereocenters. The van der Waals surface area contributed by atoms with Crippen LogP contribution in [-0.2, 0) is 12.3 Å². The van der Waals surface area contributed by atoms with Crippen molar-refractivity contribution in [2.75, 3.05) is 13.1 Å². The zero-order valence-electron chi connectivity index (χ0n) is 19.6. The summed E-state index contributed by atoms with van der Waals surface area (Å²) in [5.41, 5.74) is 5.27. The van der Waals surface area contributed by atoms with E-state index in [-0.39, 0.29) is 5.82 Å². The van der Waals surface area contributed by atoms with Crippen molar-refractivity contribution in [2.45, 2.75) is 50.6 Å². The molecule has 0 aliphatic carbocycles. The highest BCUT2D eigenvalue weighted by Gasteiger charge is 2.19. The quantitative estimate of drug-likeness (QED) is 0.330. The Balaban J connectivity index is 1.35. The monoisotopic (exact) mass is 476 g/mol. The van der Waals surface area contributed by atoms with Gasteiger partial charge >= 0.3 is 0 Å². The van der Waals surface area contributed by atoms with Crippen LogP contribution in [0.15, 0.2) is 59.8 Å². The van der Waals surface area contributed by atoms with E-state index in [0.717, 1.165) is 59.1 Å². The number of hydrogen-bond acceptors (Lipinski definition) is 5. The molecular formula is C26H29FN6S. The molecule has 0 N–H and O–H groups in total. The molecule has 0 atom stereocenters. The van der Waals surface area contributed by atoms with Crippen LogP contribution in [0.1, 0.15) is 42.0 Å². The maximum atomic E-state index is 13.6. The molecule has 0 saturated carbocycles. The van der Waals surface area contributed by atoms with E-state index in [2.05, 4.69) is 62.0 Å². The van der Waals surface area contributed by atoms with Gasteiger partial charge in [0.2, 0.25) is 0 Å². The van der Waals surface area contributed by atoms with E-state index < -0.39 is 0 Å². The van der Waals surface area contributed by atoms with Crippen LogP contribution in [0.5, 0.6) is 0 Å². The Kier molecular flexibility index (Phi) is 6.78. The molecule has 0 bridgehead atoms. The first kappa shape index (κ1) is 22.8. The molecule has 4 aromatic rings. The van der Waals surface area contributed by atoms with Crippen LogP contribution in [-0.4, -0.2) is 42.5 Å². The smallest absolute Gasteiger partial charge is 0.196 e. The zero-order valence-corrected chi connectivity index (χ0v) is 20.4. The van der Waals surface area contributed by atoms with Gasteiger partial charge in [-0.3, -0.25) is 9.47 Å². The first-order chi connectivity index (χ1) is 16.6. The zero-order chi connectivity index (χ0) is 23.5. The molecule has 1 saturated heterocycles. The molecule has 1 aliphatic rings. The lowest BCUT2D eigenvalue weighted by molar-refractivity contribution is 0.214. The lowest BCUT2D eigenvalue weighted by Crippen LogP contribution is -2.30. The molecule has 0 amide bonds. The van der Waals surface area contributed by atoms with Crippen LogP contribution in [0.3, 0.4) is 0 Å². The summed E-state index contributed by atoms with van der Waals surface area (Å²) in [7, 11) is 0. The summed E-state index contributed by atoms with van der Waals surface area (Å²) in [5.74, 6) is 1.42. The number of nitrogens with zero attached hydrogens (tertiary/aromatic N) is 6. The first-order valence-corrected chi connectivity index (χ1v) is 12.7. The number of aryl methyl sites for hydroxylation is 2.